The smallest absolute Gasteiger partial charge is 0.308 e. The average molecular weight is 238 g/mol. The molecular weight excluding hydrogens is 220 g/mol. The maximum absolute atomic E-state index is 10.9. The zero-order valence-corrected chi connectivity index (χ0v) is 10.5. The van der Waals surface area contributed by atoms with Crippen LogP contribution in [0.1, 0.15) is 25.8 Å². The van der Waals surface area contributed by atoms with E-state index in [1.54, 1.807) is 13.2 Å². The Kier molecular flexibility index (Phi) is 5.49. The molecule has 94 valence electrons. The Morgan fingerprint density at radius 1 is 1.29 bits per heavy atom. The standard InChI is InChI=1S/C13H18O4/c1-4-7-16-9-11-5-6-12(17-10(2)14)13(8-11)15-3/h5-6,8H,4,7,9H2,1-3H3. The van der Waals surface area contributed by atoms with Gasteiger partial charge in [-0.25, -0.2) is 0 Å². The van der Waals surface area contributed by atoms with Crippen molar-refractivity contribution < 1.29 is 19.0 Å². The van der Waals surface area contributed by atoms with Crippen LogP contribution in [-0.2, 0) is 16.1 Å². The maximum atomic E-state index is 10.9. The van der Waals surface area contributed by atoms with Gasteiger partial charge in [0.25, 0.3) is 0 Å². The van der Waals surface area contributed by atoms with Crippen LogP contribution in [0, 0.1) is 0 Å². The molecule has 0 aliphatic heterocycles. The fourth-order valence-electron chi connectivity index (χ4n) is 1.38. The summed E-state index contributed by atoms with van der Waals surface area (Å²) < 4.78 is 15.6. The monoisotopic (exact) mass is 238 g/mol. The summed E-state index contributed by atoms with van der Waals surface area (Å²) >= 11 is 0. The lowest BCUT2D eigenvalue weighted by atomic mass is 10.2. The van der Waals surface area contributed by atoms with E-state index in [9.17, 15) is 4.79 Å². The Bertz CT molecular complexity index is 374. The Balaban J connectivity index is 2.73. The summed E-state index contributed by atoms with van der Waals surface area (Å²) in [6, 6.07) is 5.38. The quantitative estimate of drug-likeness (QED) is 0.434. The number of esters is 1. The molecule has 0 radical (unpaired) electrons. The van der Waals surface area contributed by atoms with Gasteiger partial charge in [-0.3, -0.25) is 4.79 Å². The van der Waals surface area contributed by atoms with Gasteiger partial charge in [-0.15, -0.1) is 0 Å². The minimum Gasteiger partial charge on any atom is -0.493 e. The molecule has 0 spiro atoms. The molecule has 1 aromatic rings. The minimum absolute atomic E-state index is 0.363. The summed E-state index contributed by atoms with van der Waals surface area (Å²) in [7, 11) is 1.54. The van der Waals surface area contributed by atoms with E-state index in [0.717, 1.165) is 18.6 Å². The third kappa shape index (κ3) is 4.44. The summed E-state index contributed by atoms with van der Waals surface area (Å²) in [4.78, 5) is 10.9. The lowest BCUT2D eigenvalue weighted by Gasteiger charge is -2.10. The summed E-state index contributed by atoms with van der Waals surface area (Å²) in [5, 5.41) is 0. The number of hydrogen-bond acceptors (Lipinski definition) is 4. The topological polar surface area (TPSA) is 44.8 Å². The van der Waals surface area contributed by atoms with Crippen LogP contribution in [0.5, 0.6) is 11.5 Å². The van der Waals surface area contributed by atoms with E-state index in [1.807, 2.05) is 12.1 Å². The molecule has 0 amide bonds. The second kappa shape index (κ2) is 6.91. The number of methoxy groups -OCH3 is 1. The van der Waals surface area contributed by atoms with Crippen molar-refractivity contribution in [3.63, 3.8) is 0 Å². The number of carbonyl (C=O) groups is 1. The molecule has 0 N–H and O–H groups in total. The summed E-state index contributed by atoms with van der Waals surface area (Å²) in [5.41, 5.74) is 0.992. The largest absolute Gasteiger partial charge is 0.493 e. The van der Waals surface area contributed by atoms with Gasteiger partial charge in [-0.2, -0.15) is 0 Å². The molecule has 0 fully saturated rings. The van der Waals surface area contributed by atoms with E-state index in [-0.39, 0.29) is 5.97 Å². The molecule has 0 aromatic heterocycles. The zero-order chi connectivity index (χ0) is 12.7. The van der Waals surface area contributed by atoms with Crippen LogP contribution in [0.2, 0.25) is 0 Å². The van der Waals surface area contributed by atoms with Gasteiger partial charge in [0, 0.05) is 13.5 Å². The van der Waals surface area contributed by atoms with E-state index < -0.39 is 0 Å². The highest BCUT2D eigenvalue weighted by Crippen LogP contribution is 2.28. The normalized spacial score (nSPS) is 10.1. The van der Waals surface area contributed by atoms with E-state index in [1.165, 1.54) is 6.92 Å². The molecule has 0 aliphatic rings. The Morgan fingerprint density at radius 2 is 2.06 bits per heavy atom. The van der Waals surface area contributed by atoms with Crippen LogP contribution in [0.25, 0.3) is 0 Å². The fraction of sp³-hybridized carbons (Fsp3) is 0.462. The highest BCUT2D eigenvalue weighted by molar-refractivity contribution is 5.70. The van der Waals surface area contributed by atoms with Crippen molar-refractivity contribution in [2.75, 3.05) is 13.7 Å². The predicted octanol–water partition coefficient (Wildman–Crippen LogP) is 2.55. The molecule has 0 atom stereocenters. The Morgan fingerprint density at radius 3 is 2.65 bits per heavy atom. The third-order valence-corrected chi connectivity index (χ3v) is 2.10. The molecule has 1 rings (SSSR count). The molecule has 0 bridgehead atoms. The highest BCUT2D eigenvalue weighted by atomic mass is 16.6. The maximum Gasteiger partial charge on any atom is 0.308 e. The molecule has 0 heterocycles. The molecule has 0 saturated heterocycles. The summed E-state index contributed by atoms with van der Waals surface area (Å²) in [6.07, 6.45) is 0.989. The van der Waals surface area contributed by atoms with Crippen LogP contribution < -0.4 is 9.47 Å². The second-order valence-electron chi connectivity index (χ2n) is 3.63. The first kappa shape index (κ1) is 13.5. The molecule has 1 aromatic carbocycles. The van der Waals surface area contributed by atoms with Gasteiger partial charge in [0.2, 0.25) is 0 Å². The number of hydrogen-bond donors (Lipinski definition) is 0. The van der Waals surface area contributed by atoms with Gasteiger partial charge in [0.15, 0.2) is 11.5 Å². The third-order valence-electron chi connectivity index (χ3n) is 2.10. The van der Waals surface area contributed by atoms with Crippen molar-refractivity contribution in [2.24, 2.45) is 0 Å². The van der Waals surface area contributed by atoms with Crippen LogP contribution in [0.4, 0.5) is 0 Å². The van der Waals surface area contributed by atoms with E-state index in [2.05, 4.69) is 6.92 Å². The van der Waals surface area contributed by atoms with Gasteiger partial charge in [0.1, 0.15) is 0 Å². The first-order valence-electron chi connectivity index (χ1n) is 5.60. The van der Waals surface area contributed by atoms with Crippen molar-refractivity contribution in [3.05, 3.63) is 23.8 Å². The van der Waals surface area contributed by atoms with Crippen molar-refractivity contribution in [3.8, 4) is 11.5 Å². The highest BCUT2D eigenvalue weighted by Gasteiger charge is 2.07. The molecule has 4 nitrogen and oxygen atoms in total. The summed E-state index contributed by atoms with van der Waals surface area (Å²) in [5.74, 6) is 0.607. The minimum atomic E-state index is -0.363. The molecule has 0 saturated carbocycles. The van der Waals surface area contributed by atoms with Crippen molar-refractivity contribution in [1.29, 1.82) is 0 Å². The first-order valence-corrected chi connectivity index (χ1v) is 5.60. The van der Waals surface area contributed by atoms with Crippen LogP contribution in [0.3, 0.4) is 0 Å². The van der Waals surface area contributed by atoms with E-state index >= 15 is 0 Å². The average Bonchev–Trinajstić information content (AvgIpc) is 2.30. The van der Waals surface area contributed by atoms with Gasteiger partial charge in [-0.05, 0) is 24.1 Å². The lowest BCUT2D eigenvalue weighted by Crippen LogP contribution is -2.03. The van der Waals surface area contributed by atoms with Crippen molar-refractivity contribution in [2.45, 2.75) is 26.9 Å². The van der Waals surface area contributed by atoms with Crippen LogP contribution >= 0.6 is 0 Å². The van der Waals surface area contributed by atoms with Gasteiger partial charge >= 0.3 is 5.97 Å². The molecule has 0 unspecified atom stereocenters. The number of rotatable bonds is 6. The van der Waals surface area contributed by atoms with Gasteiger partial charge < -0.3 is 14.2 Å². The van der Waals surface area contributed by atoms with Crippen LogP contribution in [0.15, 0.2) is 18.2 Å². The number of benzene rings is 1. The predicted molar refractivity (Wildman–Crippen MR) is 64.3 cm³/mol. The molecule has 17 heavy (non-hydrogen) atoms. The fourth-order valence-corrected chi connectivity index (χ4v) is 1.38. The zero-order valence-electron chi connectivity index (χ0n) is 10.5. The molecule has 0 aliphatic carbocycles. The first-order chi connectivity index (χ1) is 8.17. The second-order valence-corrected chi connectivity index (χ2v) is 3.63. The van der Waals surface area contributed by atoms with Gasteiger partial charge in [0.05, 0.1) is 13.7 Å². The van der Waals surface area contributed by atoms with E-state index in [0.29, 0.717) is 18.1 Å². The van der Waals surface area contributed by atoms with Crippen molar-refractivity contribution in [1.82, 2.24) is 0 Å². The molecule has 4 heteroatoms. The molecular formula is C13H18O4. The lowest BCUT2D eigenvalue weighted by molar-refractivity contribution is -0.132. The van der Waals surface area contributed by atoms with Gasteiger partial charge in [-0.1, -0.05) is 13.0 Å². The van der Waals surface area contributed by atoms with Crippen molar-refractivity contribution >= 4 is 5.97 Å². The number of carbonyl (C=O) groups excluding carboxylic acids is 1. The number of ether oxygens (including phenoxy) is 3. The van der Waals surface area contributed by atoms with E-state index in [4.69, 9.17) is 14.2 Å². The van der Waals surface area contributed by atoms with Crippen LogP contribution in [-0.4, -0.2) is 19.7 Å². The Labute approximate surface area is 101 Å². The Hall–Kier alpha value is -1.55. The SMILES string of the molecule is CCCOCc1ccc(OC(C)=O)c(OC)c1. The summed E-state index contributed by atoms with van der Waals surface area (Å²) in [6.45, 7) is 4.68.